The molecular weight excluding hydrogens is 326 g/mol. The number of carbonyl (C=O) groups excluding carboxylic acids is 1. The Balaban J connectivity index is 1.40. The van der Waals surface area contributed by atoms with Gasteiger partial charge in [0.2, 0.25) is 5.91 Å². The molecule has 26 heavy (non-hydrogen) atoms. The molecule has 2 heterocycles. The molecule has 1 aromatic heterocycles. The Morgan fingerprint density at radius 2 is 1.88 bits per heavy atom. The van der Waals surface area contributed by atoms with E-state index in [0.717, 1.165) is 18.5 Å². The van der Waals surface area contributed by atoms with E-state index in [1.54, 1.807) is 0 Å². The van der Waals surface area contributed by atoms with Crippen LogP contribution in [0.5, 0.6) is 0 Å². The average Bonchev–Trinajstić information content (AvgIpc) is 3.29. The summed E-state index contributed by atoms with van der Waals surface area (Å²) in [5, 5.41) is 4.11. The molecule has 1 aliphatic heterocycles. The molecule has 1 fully saturated rings. The predicted octanol–water partition coefficient (Wildman–Crippen LogP) is 3.60. The van der Waals surface area contributed by atoms with Gasteiger partial charge in [-0.3, -0.25) is 4.79 Å². The van der Waals surface area contributed by atoms with Gasteiger partial charge >= 0.3 is 0 Å². The lowest BCUT2D eigenvalue weighted by Gasteiger charge is -2.16. The number of hydrogen-bond donors (Lipinski definition) is 0. The highest BCUT2D eigenvalue weighted by atomic mass is 16.5. The van der Waals surface area contributed by atoms with Gasteiger partial charge in [-0.15, -0.1) is 0 Å². The normalized spacial score (nSPS) is 17.0. The lowest BCUT2D eigenvalue weighted by Crippen LogP contribution is -2.27. The molecule has 0 radical (unpaired) electrons. The van der Waals surface area contributed by atoms with E-state index in [1.807, 2.05) is 35.2 Å². The van der Waals surface area contributed by atoms with Gasteiger partial charge in [-0.25, -0.2) is 0 Å². The molecule has 0 spiro atoms. The summed E-state index contributed by atoms with van der Waals surface area (Å²) in [6, 6.07) is 18.1. The maximum absolute atomic E-state index is 12.3. The van der Waals surface area contributed by atoms with Crippen molar-refractivity contribution >= 4 is 5.91 Å². The second-order valence-electron chi connectivity index (χ2n) is 6.80. The predicted molar refractivity (Wildman–Crippen MR) is 98.6 cm³/mol. The first kappa shape index (κ1) is 16.5. The lowest BCUT2D eigenvalue weighted by molar-refractivity contribution is -0.127. The van der Waals surface area contributed by atoms with E-state index < -0.39 is 0 Å². The number of likely N-dealkylation sites (tertiary alicyclic amines) is 1. The third-order valence-electron chi connectivity index (χ3n) is 4.83. The summed E-state index contributed by atoms with van der Waals surface area (Å²) in [4.78, 5) is 18.8. The van der Waals surface area contributed by atoms with Crippen molar-refractivity contribution < 1.29 is 9.32 Å². The van der Waals surface area contributed by atoms with E-state index in [0.29, 0.717) is 24.7 Å². The van der Waals surface area contributed by atoms with Crippen molar-refractivity contribution in [2.24, 2.45) is 0 Å². The van der Waals surface area contributed by atoms with Crippen molar-refractivity contribution in [3.8, 4) is 11.5 Å². The quantitative estimate of drug-likeness (QED) is 0.707. The number of hydrogen-bond acceptors (Lipinski definition) is 4. The molecule has 3 aromatic rings. The first-order valence-electron chi connectivity index (χ1n) is 8.91. The highest BCUT2D eigenvalue weighted by Crippen LogP contribution is 2.28. The summed E-state index contributed by atoms with van der Waals surface area (Å²) >= 11 is 0. The molecule has 1 unspecified atom stereocenters. The minimum Gasteiger partial charge on any atom is -0.342 e. The monoisotopic (exact) mass is 347 g/mol. The zero-order valence-corrected chi connectivity index (χ0v) is 14.8. The average molecular weight is 347 g/mol. The van der Waals surface area contributed by atoms with Crippen LogP contribution in [0.3, 0.4) is 0 Å². The minimum atomic E-state index is 0.00160. The van der Waals surface area contributed by atoms with Crippen LogP contribution < -0.4 is 0 Å². The first-order chi connectivity index (χ1) is 12.7. The number of aryl methyl sites for hydroxylation is 1. The van der Waals surface area contributed by atoms with Gasteiger partial charge in [0.05, 0.1) is 0 Å². The van der Waals surface area contributed by atoms with Gasteiger partial charge in [0.1, 0.15) is 0 Å². The van der Waals surface area contributed by atoms with Crippen LogP contribution in [0.25, 0.3) is 11.5 Å². The van der Waals surface area contributed by atoms with Crippen LogP contribution in [-0.2, 0) is 11.2 Å². The molecule has 1 saturated heterocycles. The number of amides is 1. The van der Waals surface area contributed by atoms with E-state index in [1.165, 1.54) is 11.1 Å². The van der Waals surface area contributed by atoms with E-state index in [2.05, 4.69) is 41.3 Å². The molecule has 1 atom stereocenters. The molecule has 1 amide bonds. The fraction of sp³-hybridized carbons (Fsp3) is 0.286. The van der Waals surface area contributed by atoms with E-state index in [9.17, 15) is 4.79 Å². The summed E-state index contributed by atoms with van der Waals surface area (Å²) in [5.74, 6) is 1.29. The summed E-state index contributed by atoms with van der Waals surface area (Å²) in [7, 11) is 0. The van der Waals surface area contributed by atoms with Gasteiger partial charge in [-0.05, 0) is 31.0 Å². The molecule has 5 heteroatoms. The SMILES string of the molecule is Cc1ccc(CCN2CC(c3noc(-c4ccccc4)n3)CC2=O)cc1. The van der Waals surface area contributed by atoms with Gasteiger partial charge in [0.25, 0.3) is 5.89 Å². The molecule has 4 rings (SSSR count). The number of aromatic nitrogens is 2. The maximum atomic E-state index is 12.3. The highest BCUT2D eigenvalue weighted by molar-refractivity contribution is 5.79. The molecule has 0 saturated carbocycles. The van der Waals surface area contributed by atoms with Crippen molar-refractivity contribution in [3.63, 3.8) is 0 Å². The zero-order chi connectivity index (χ0) is 17.9. The molecular formula is C21H21N3O2. The van der Waals surface area contributed by atoms with Crippen molar-refractivity contribution in [1.82, 2.24) is 15.0 Å². The van der Waals surface area contributed by atoms with Gasteiger partial charge in [-0.1, -0.05) is 53.2 Å². The molecule has 132 valence electrons. The second kappa shape index (κ2) is 7.12. The van der Waals surface area contributed by atoms with Crippen LogP contribution in [0.4, 0.5) is 0 Å². The Hall–Kier alpha value is -2.95. The molecule has 5 nitrogen and oxygen atoms in total. The minimum absolute atomic E-state index is 0.00160. The standard InChI is InChI=1S/C21H21N3O2/c1-15-7-9-16(10-8-15)11-12-24-14-18(13-19(24)25)20-22-21(26-23-20)17-5-3-2-4-6-17/h2-10,18H,11-14H2,1H3. The fourth-order valence-corrected chi connectivity index (χ4v) is 3.28. The lowest BCUT2D eigenvalue weighted by atomic mass is 10.1. The summed E-state index contributed by atoms with van der Waals surface area (Å²) in [5.41, 5.74) is 3.39. The Labute approximate surface area is 152 Å². The van der Waals surface area contributed by atoms with Crippen LogP contribution in [-0.4, -0.2) is 34.0 Å². The third-order valence-corrected chi connectivity index (χ3v) is 4.83. The second-order valence-corrected chi connectivity index (χ2v) is 6.80. The van der Waals surface area contributed by atoms with Crippen molar-refractivity contribution in [2.45, 2.75) is 25.7 Å². The van der Waals surface area contributed by atoms with Crippen LogP contribution in [0.15, 0.2) is 59.1 Å². The van der Waals surface area contributed by atoms with Crippen LogP contribution >= 0.6 is 0 Å². The Kier molecular flexibility index (Phi) is 4.52. The fourth-order valence-electron chi connectivity index (χ4n) is 3.28. The highest BCUT2D eigenvalue weighted by Gasteiger charge is 2.33. The smallest absolute Gasteiger partial charge is 0.257 e. The summed E-state index contributed by atoms with van der Waals surface area (Å²) < 4.78 is 5.38. The number of carbonyl (C=O) groups is 1. The summed E-state index contributed by atoms with van der Waals surface area (Å²) in [6.07, 6.45) is 1.31. The number of rotatable bonds is 5. The molecule has 0 N–H and O–H groups in total. The zero-order valence-electron chi connectivity index (χ0n) is 14.8. The van der Waals surface area contributed by atoms with Crippen molar-refractivity contribution in [1.29, 1.82) is 0 Å². The number of benzene rings is 2. The van der Waals surface area contributed by atoms with Gasteiger partial charge in [-0.2, -0.15) is 4.98 Å². The maximum Gasteiger partial charge on any atom is 0.257 e. The molecule has 0 aliphatic carbocycles. The van der Waals surface area contributed by atoms with Gasteiger partial charge in [0.15, 0.2) is 5.82 Å². The largest absolute Gasteiger partial charge is 0.342 e. The van der Waals surface area contributed by atoms with E-state index in [4.69, 9.17) is 4.52 Å². The molecule has 0 bridgehead atoms. The van der Waals surface area contributed by atoms with Crippen LogP contribution in [0.1, 0.15) is 29.3 Å². The van der Waals surface area contributed by atoms with Crippen molar-refractivity contribution in [2.75, 3.05) is 13.1 Å². The molecule has 2 aromatic carbocycles. The Morgan fingerprint density at radius 3 is 2.65 bits per heavy atom. The van der Waals surface area contributed by atoms with Gasteiger partial charge in [0, 0.05) is 31.0 Å². The van der Waals surface area contributed by atoms with E-state index in [-0.39, 0.29) is 11.8 Å². The van der Waals surface area contributed by atoms with Gasteiger partial charge < -0.3 is 9.42 Å². The van der Waals surface area contributed by atoms with E-state index >= 15 is 0 Å². The van der Waals surface area contributed by atoms with Crippen LogP contribution in [0.2, 0.25) is 0 Å². The summed E-state index contributed by atoms with van der Waals surface area (Å²) in [6.45, 7) is 3.45. The third kappa shape index (κ3) is 3.52. The Morgan fingerprint density at radius 1 is 1.12 bits per heavy atom. The molecule has 1 aliphatic rings. The Bertz CT molecular complexity index is 887. The topological polar surface area (TPSA) is 59.2 Å². The van der Waals surface area contributed by atoms with Crippen LogP contribution in [0, 0.1) is 6.92 Å². The first-order valence-corrected chi connectivity index (χ1v) is 8.91. The number of nitrogens with zero attached hydrogens (tertiary/aromatic N) is 3. The van der Waals surface area contributed by atoms with Crippen molar-refractivity contribution in [3.05, 3.63) is 71.5 Å².